The van der Waals surface area contributed by atoms with Crippen LogP contribution in [-0.2, 0) is 20.9 Å². The van der Waals surface area contributed by atoms with Gasteiger partial charge in [-0.1, -0.05) is 30.3 Å². The SMILES string of the molecule is COCC(=O)N(CC(=O)Nc1nc(-c2ccc(OC)cc2)cn1-c1ccc(OC)c(OC)c1)Cc1ccccc1. The van der Waals surface area contributed by atoms with E-state index in [1.165, 1.54) is 12.0 Å². The van der Waals surface area contributed by atoms with E-state index in [9.17, 15) is 9.59 Å². The summed E-state index contributed by atoms with van der Waals surface area (Å²) in [5, 5.41) is 2.88. The molecule has 0 radical (unpaired) electrons. The summed E-state index contributed by atoms with van der Waals surface area (Å²) < 4.78 is 22.9. The molecule has 40 heavy (non-hydrogen) atoms. The number of aromatic nitrogens is 2. The van der Waals surface area contributed by atoms with Crippen LogP contribution in [0.1, 0.15) is 5.56 Å². The van der Waals surface area contributed by atoms with Crippen molar-refractivity contribution in [2.75, 3.05) is 46.9 Å². The van der Waals surface area contributed by atoms with Crippen LogP contribution in [0.15, 0.2) is 79.0 Å². The first kappa shape index (κ1) is 28.2. The van der Waals surface area contributed by atoms with E-state index in [1.54, 1.807) is 38.0 Å². The molecule has 208 valence electrons. The van der Waals surface area contributed by atoms with Gasteiger partial charge in [-0.15, -0.1) is 0 Å². The molecule has 0 atom stereocenters. The number of anilines is 1. The molecule has 10 nitrogen and oxygen atoms in total. The smallest absolute Gasteiger partial charge is 0.249 e. The topological polar surface area (TPSA) is 104 Å². The van der Waals surface area contributed by atoms with Gasteiger partial charge < -0.3 is 23.8 Å². The fourth-order valence-corrected chi connectivity index (χ4v) is 4.13. The van der Waals surface area contributed by atoms with Crippen LogP contribution in [0.4, 0.5) is 5.95 Å². The minimum Gasteiger partial charge on any atom is -0.497 e. The van der Waals surface area contributed by atoms with Gasteiger partial charge in [-0.05, 0) is 42.0 Å². The van der Waals surface area contributed by atoms with Gasteiger partial charge in [-0.25, -0.2) is 4.98 Å². The number of benzene rings is 3. The molecule has 4 aromatic rings. The Kier molecular flexibility index (Phi) is 9.37. The lowest BCUT2D eigenvalue weighted by Crippen LogP contribution is -2.39. The second-order valence-corrected chi connectivity index (χ2v) is 8.80. The van der Waals surface area contributed by atoms with E-state index in [-0.39, 0.29) is 31.6 Å². The van der Waals surface area contributed by atoms with Crippen LogP contribution in [0.5, 0.6) is 17.2 Å². The average molecular weight is 545 g/mol. The Morgan fingerprint density at radius 1 is 0.875 bits per heavy atom. The van der Waals surface area contributed by atoms with Crippen LogP contribution in [0, 0.1) is 0 Å². The Balaban J connectivity index is 1.66. The van der Waals surface area contributed by atoms with Crippen LogP contribution in [-0.4, -0.2) is 67.9 Å². The van der Waals surface area contributed by atoms with E-state index < -0.39 is 5.91 Å². The van der Waals surface area contributed by atoms with Crippen LogP contribution in [0.2, 0.25) is 0 Å². The van der Waals surface area contributed by atoms with Crippen molar-refractivity contribution in [3.05, 3.63) is 84.6 Å². The van der Waals surface area contributed by atoms with Gasteiger partial charge in [0.05, 0.1) is 32.7 Å². The number of rotatable bonds is 12. The number of hydrogen-bond acceptors (Lipinski definition) is 7. The summed E-state index contributed by atoms with van der Waals surface area (Å²) in [6.45, 7) is -0.0621. The molecule has 0 fully saturated rings. The Bertz CT molecular complexity index is 1440. The first-order valence-corrected chi connectivity index (χ1v) is 12.5. The number of amides is 2. The molecular formula is C30H32N4O6. The lowest BCUT2D eigenvalue weighted by Gasteiger charge is -2.22. The molecule has 0 aliphatic rings. The zero-order chi connectivity index (χ0) is 28.5. The van der Waals surface area contributed by atoms with Gasteiger partial charge in [0.2, 0.25) is 17.8 Å². The van der Waals surface area contributed by atoms with E-state index in [0.29, 0.717) is 22.9 Å². The van der Waals surface area contributed by atoms with Crippen molar-refractivity contribution in [2.24, 2.45) is 0 Å². The van der Waals surface area contributed by atoms with Gasteiger partial charge in [0.25, 0.3) is 0 Å². The van der Waals surface area contributed by atoms with Gasteiger partial charge in [0.15, 0.2) is 11.5 Å². The number of ether oxygens (including phenoxy) is 4. The number of nitrogens with one attached hydrogen (secondary N) is 1. The molecule has 1 aromatic heterocycles. The molecule has 0 saturated carbocycles. The summed E-state index contributed by atoms with van der Waals surface area (Å²) in [7, 11) is 6.17. The zero-order valence-electron chi connectivity index (χ0n) is 22.9. The highest BCUT2D eigenvalue weighted by Crippen LogP contribution is 2.32. The third-order valence-electron chi connectivity index (χ3n) is 6.16. The summed E-state index contributed by atoms with van der Waals surface area (Å²) in [5.41, 5.74) is 3.05. The average Bonchev–Trinajstić information content (AvgIpc) is 3.40. The molecule has 1 N–H and O–H groups in total. The predicted molar refractivity (Wildman–Crippen MR) is 151 cm³/mol. The first-order valence-electron chi connectivity index (χ1n) is 12.5. The summed E-state index contributed by atoms with van der Waals surface area (Å²) in [5.74, 6) is 1.38. The normalized spacial score (nSPS) is 10.6. The first-order chi connectivity index (χ1) is 19.4. The summed E-state index contributed by atoms with van der Waals surface area (Å²) in [6, 6.07) is 22.3. The molecule has 0 saturated heterocycles. The lowest BCUT2D eigenvalue weighted by molar-refractivity contribution is -0.138. The minimum absolute atomic E-state index is 0.137. The van der Waals surface area contributed by atoms with E-state index in [1.807, 2.05) is 66.9 Å². The number of nitrogens with zero attached hydrogens (tertiary/aromatic N) is 3. The van der Waals surface area contributed by atoms with Crippen molar-refractivity contribution < 1.29 is 28.5 Å². The Morgan fingerprint density at radius 2 is 1.60 bits per heavy atom. The van der Waals surface area contributed by atoms with Gasteiger partial charge in [-0.2, -0.15) is 0 Å². The molecule has 2 amide bonds. The molecular weight excluding hydrogens is 512 g/mol. The fourth-order valence-electron chi connectivity index (χ4n) is 4.13. The molecule has 3 aromatic carbocycles. The van der Waals surface area contributed by atoms with Gasteiger partial charge in [-0.3, -0.25) is 19.5 Å². The van der Waals surface area contributed by atoms with Crippen LogP contribution in [0.25, 0.3) is 16.9 Å². The van der Waals surface area contributed by atoms with Gasteiger partial charge in [0, 0.05) is 31.5 Å². The number of hydrogen-bond donors (Lipinski definition) is 1. The fraction of sp³-hybridized carbons (Fsp3) is 0.233. The molecule has 0 spiro atoms. The van der Waals surface area contributed by atoms with Crippen LogP contribution >= 0.6 is 0 Å². The van der Waals surface area contributed by atoms with Crippen molar-refractivity contribution in [1.29, 1.82) is 0 Å². The Labute approximate surface area is 233 Å². The quantitative estimate of drug-likeness (QED) is 0.285. The number of methoxy groups -OCH3 is 4. The zero-order valence-corrected chi connectivity index (χ0v) is 22.9. The molecule has 0 aliphatic carbocycles. The third kappa shape index (κ3) is 6.78. The number of carbonyl (C=O) groups is 2. The van der Waals surface area contributed by atoms with Crippen LogP contribution in [0.3, 0.4) is 0 Å². The monoisotopic (exact) mass is 544 g/mol. The molecule has 1 heterocycles. The largest absolute Gasteiger partial charge is 0.497 e. The minimum atomic E-state index is -0.408. The van der Waals surface area contributed by atoms with Crippen molar-refractivity contribution >= 4 is 17.8 Å². The molecule has 0 bridgehead atoms. The summed E-state index contributed by atoms with van der Waals surface area (Å²) in [6.07, 6.45) is 1.82. The summed E-state index contributed by atoms with van der Waals surface area (Å²) >= 11 is 0. The molecule has 10 heteroatoms. The number of imidazole rings is 1. The van der Waals surface area contributed by atoms with Crippen molar-refractivity contribution in [2.45, 2.75) is 6.54 Å². The Hall–Kier alpha value is -4.83. The maximum atomic E-state index is 13.3. The van der Waals surface area contributed by atoms with Crippen molar-refractivity contribution in [1.82, 2.24) is 14.5 Å². The van der Waals surface area contributed by atoms with Gasteiger partial charge in [0.1, 0.15) is 18.9 Å². The maximum Gasteiger partial charge on any atom is 0.249 e. The highest BCUT2D eigenvalue weighted by molar-refractivity contribution is 5.94. The molecule has 4 rings (SSSR count). The van der Waals surface area contributed by atoms with Gasteiger partial charge >= 0.3 is 0 Å². The second-order valence-electron chi connectivity index (χ2n) is 8.80. The molecule has 0 aliphatic heterocycles. The van der Waals surface area contributed by atoms with E-state index in [2.05, 4.69) is 5.32 Å². The highest BCUT2D eigenvalue weighted by atomic mass is 16.5. The van der Waals surface area contributed by atoms with Crippen molar-refractivity contribution in [3.63, 3.8) is 0 Å². The van der Waals surface area contributed by atoms with E-state index in [4.69, 9.17) is 23.9 Å². The lowest BCUT2D eigenvalue weighted by atomic mass is 10.1. The summed E-state index contributed by atoms with van der Waals surface area (Å²) in [4.78, 5) is 32.2. The standard InChI is InChI=1S/C30H32N4O6/c1-37-20-29(36)33(17-21-8-6-5-7-9-21)19-28(35)32-30-31-25(22-10-13-24(38-2)14-11-22)18-34(30)23-12-15-26(39-3)27(16-23)40-4/h5-16,18H,17,19-20H2,1-4H3,(H,31,32,35). The highest BCUT2D eigenvalue weighted by Gasteiger charge is 2.21. The van der Waals surface area contributed by atoms with E-state index in [0.717, 1.165) is 16.9 Å². The predicted octanol–water partition coefficient (Wildman–Crippen LogP) is 4.18. The van der Waals surface area contributed by atoms with Crippen LogP contribution < -0.4 is 19.5 Å². The van der Waals surface area contributed by atoms with E-state index >= 15 is 0 Å². The second kappa shape index (κ2) is 13.3. The van der Waals surface area contributed by atoms with Crippen molar-refractivity contribution in [3.8, 4) is 34.2 Å². The Morgan fingerprint density at radius 3 is 2.25 bits per heavy atom. The molecule has 0 unspecified atom stereocenters. The maximum absolute atomic E-state index is 13.3. The number of carbonyl (C=O) groups excluding carboxylic acids is 2. The third-order valence-corrected chi connectivity index (χ3v) is 6.16.